The molecule has 0 unspecified atom stereocenters. The van der Waals surface area contributed by atoms with Gasteiger partial charge in [0.05, 0.1) is 0 Å². The second-order valence-corrected chi connectivity index (χ2v) is 6.24. The molecule has 0 spiro atoms. The van der Waals surface area contributed by atoms with Gasteiger partial charge in [-0.3, -0.25) is 9.97 Å². The van der Waals surface area contributed by atoms with Crippen LogP contribution in [0.25, 0.3) is 0 Å². The lowest BCUT2D eigenvalue weighted by Gasteiger charge is -2.23. The van der Waals surface area contributed by atoms with Crippen molar-refractivity contribution in [1.29, 1.82) is 0 Å². The van der Waals surface area contributed by atoms with Gasteiger partial charge >= 0.3 is 0 Å². The Balaban J connectivity index is 0.000000141. The number of rotatable bonds is 2. The molecule has 4 heterocycles. The second-order valence-electron chi connectivity index (χ2n) is 6.24. The van der Waals surface area contributed by atoms with Gasteiger partial charge < -0.3 is 10.6 Å². The van der Waals surface area contributed by atoms with Crippen molar-refractivity contribution in [3.05, 3.63) is 72.3 Å². The van der Waals surface area contributed by atoms with Crippen LogP contribution >= 0.6 is 0 Å². The van der Waals surface area contributed by atoms with Crippen LogP contribution in [0.5, 0.6) is 0 Å². The minimum atomic E-state index is 0.462. The number of piperidine rings is 1. The number of pyridine rings is 2. The van der Waals surface area contributed by atoms with Gasteiger partial charge in [0.1, 0.15) is 0 Å². The van der Waals surface area contributed by atoms with E-state index in [1.165, 1.54) is 30.4 Å². The van der Waals surface area contributed by atoms with Crippen LogP contribution in [0.15, 0.2) is 61.2 Å². The maximum atomic E-state index is 4.12. The summed E-state index contributed by atoms with van der Waals surface area (Å²) in [6.45, 7) is 2.12. The molecule has 126 valence electrons. The fourth-order valence-electron chi connectivity index (χ4n) is 3.16. The molecule has 0 radical (unpaired) electrons. The van der Waals surface area contributed by atoms with E-state index in [1.807, 2.05) is 36.9 Å². The van der Waals surface area contributed by atoms with Crippen LogP contribution in [-0.4, -0.2) is 23.1 Å². The molecule has 0 aromatic carbocycles. The Morgan fingerprint density at radius 2 is 1.58 bits per heavy atom. The lowest BCUT2D eigenvalue weighted by Crippen LogP contribution is -2.26. The standard InChI is InChI=1S/C10H14N2.C10H12N2/c2*1-2-7-12-10(5-1)9-4-3-6-11-8-9/h3-4,6,8,10,12H,1-2,5,7H2;1-4,6,8,10,12H,5,7H2/t2*10-/m00/s1. The molecule has 4 nitrogen and oxygen atoms in total. The van der Waals surface area contributed by atoms with Gasteiger partial charge in [-0.25, -0.2) is 0 Å². The van der Waals surface area contributed by atoms with Crippen molar-refractivity contribution in [3.8, 4) is 0 Å². The third kappa shape index (κ3) is 4.98. The molecule has 0 aliphatic carbocycles. The van der Waals surface area contributed by atoms with Crippen LogP contribution in [-0.2, 0) is 0 Å². The van der Waals surface area contributed by atoms with Gasteiger partial charge in [-0.15, -0.1) is 0 Å². The Morgan fingerprint density at radius 1 is 0.833 bits per heavy atom. The maximum absolute atomic E-state index is 4.12. The highest BCUT2D eigenvalue weighted by molar-refractivity contribution is 5.16. The zero-order chi connectivity index (χ0) is 16.5. The van der Waals surface area contributed by atoms with E-state index in [-0.39, 0.29) is 0 Å². The predicted molar refractivity (Wildman–Crippen MR) is 97.6 cm³/mol. The van der Waals surface area contributed by atoms with Crippen LogP contribution in [0.2, 0.25) is 0 Å². The van der Waals surface area contributed by atoms with E-state index < -0.39 is 0 Å². The van der Waals surface area contributed by atoms with E-state index in [4.69, 9.17) is 0 Å². The number of hydrogen-bond donors (Lipinski definition) is 2. The van der Waals surface area contributed by atoms with Crippen LogP contribution in [0, 0.1) is 0 Å². The Kier molecular flexibility index (Phi) is 6.51. The highest BCUT2D eigenvalue weighted by atomic mass is 14.9. The third-order valence-corrected chi connectivity index (χ3v) is 4.50. The molecule has 1 fully saturated rings. The summed E-state index contributed by atoms with van der Waals surface area (Å²) in [5.74, 6) is 0. The summed E-state index contributed by atoms with van der Waals surface area (Å²) >= 11 is 0. The van der Waals surface area contributed by atoms with E-state index >= 15 is 0 Å². The molecule has 2 aromatic heterocycles. The number of nitrogens with zero attached hydrogens (tertiary/aromatic N) is 2. The molecular formula is C20H26N4. The molecule has 24 heavy (non-hydrogen) atoms. The molecule has 2 N–H and O–H groups in total. The van der Waals surface area contributed by atoms with Crippen molar-refractivity contribution >= 4 is 0 Å². The maximum Gasteiger partial charge on any atom is 0.0372 e. The first-order chi connectivity index (χ1) is 11.9. The third-order valence-electron chi connectivity index (χ3n) is 4.50. The van der Waals surface area contributed by atoms with Crippen LogP contribution in [0.3, 0.4) is 0 Å². The first kappa shape index (κ1) is 16.8. The monoisotopic (exact) mass is 322 g/mol. The topological polar surface area (TPSA) is 49.8 Å². The zero-order valence-electron chi connectivity index (χ0n) is 14.1. The molecule has 2 atom stereocenters. The number of nitrogens with one attached hydrogen (secondary N) is 2. The number of aromatic nitrogens is 2. The Hall–Kier alpha value is -2.04. The van der Waals surface area contributed by atoms with Crippen molar-refractivity contribution in [1.82, 2.24) is 20.6 Å². The average molecular weight is 322 g/mol. The van der Waals surface area contributed by atoms with E-state index in [0.29, 0.717) is 12.1 Å². The van der Waals surface area contributed by atoms with Crippen LogP contribution in [0.1, 0.15) is 48.9 Å². The highest BCUT2D eigenvalue weighted by Crippen LogP contribution is 2.21. The molecule has 0 bridgehead atoms. The van der Waals surface area contributed by atoms with Gasteiger partial charge in [0, 0.05) is 43.4 Å². The Labute approximate surface area is 144 Å². The SMILES string of the molecule is C1=CC[C@@H](c2cccnc2)NC1.c1cncc([C@@H]2CCCCN2)c1. The van der Waals surface area contributed by atoms with E-state index in [2.05, 4.69) is 44.9 Å². The van der Waals surface area contributed by atoms with Gasteiger partial charge in [-0.05, 0) is 49.1 Å². The van der Waals surface area contributed by atoms with Crippen molar-refractivity contribution in [2.24, 2.45) is 0 Å². The molecular weight excluding hydrogens is 296 g/mol. The first-order valence-corrected chi connectivity index (χ1v) is 8.85. The first-order valence-electron chi connectivity index (χ1n) is 8.85. The van der Waals surface area contributed by atoms with Gasteiger partial charge in [0.2, 0.25) is 0 Å². The molecule has 2 aliphatic heterocycles. The summed E-state index contributed by atoms with van der Waals surface area (Å²) < 4.78 is 0. The van der Waals surface area contributed by atoms with Gasteiger partial charge in [-0.2, -0.15) is 0 Å². The van der Waals surface area contributed by atoms with Gasteiger partial charge in [-0.1, -0.05) is 30.7 Å². The molecule has 4 rings (SSSR count). The molecule has 4 heteroatoms. The summed E-state index contributed by atoms with van der Waals surface area (Å²) in [5.41, 5.74) is 2.61. The fraction of sp³-hybridized carbons (Fsp3) is 0.400. The summed E-state index contributed by atoms with van der Waals surface area (Å²) in [6.07, 6.45) is 16.9. The minimum absolute atomic E-state index is 0.462. The Morgan fingerprint density at radius 3 is 2.12 bits per heavy atom. The summed E-state index contributed by atoms with van der Waals surface area (Å²) in [7, 11) is 0. The van der Waals surface area contributed by atoms with Crippen molar-refractivity contribution in [3.63, 3.8) is 0 Å². The summed E-state index contributed by atoms with van der Waals surface area (Å²) in [5, 5.41) is 6.90. The zero-order valence-corrected chi connectivity index (χ0v) is 14.1. The van der Waals surface area contributed by atoms with E-state index in [0.717, 1.165) is 19.5 Å². The lowest BCUT2D eigenvalue weighted by molar-refractivity contribution is 0.411. The molecule has 2 aliphatic rings. The van der Waals surface area contributed by atoms with Crippen molar-refractivity contribution < 1.29 is 0 Å². The molecule has 0 saturated carbocycles. The minimum Gasteiger partial charge on any atom is -0.310 e. The lowest BCUT2D eigenvalue weighted by atomic mass is 9.99. The predicted octanol–water partition coefficient (Wildman–Crippen LogP) is 3.57. The fourth-order valence-corrected chi connectivity index (χ4v) is 3.16. The van der Waals surface area contributed by atoms with Gasteiger partial charge in [0.25, 0.3) is 0 Å². The largest absolute Gasteiger partial charge is 0.310 e. The molecule has 2 aromatic rings. The van der Waals surface area contributed by atoms with Crippen molar-refractivity contribution in [2.75, 3.05) is 13.1 Å². The van der Waals surface area contributed by atoms with Crippen molar-refractivity contribution in [2.45, 2.75) is 37.8 Å². The molecule has 1 saturated heterocycles. The van der Waals surface area contributed by atoms with Crippen LogP contribution < -0.4 is 10.6 Å². The highest BCUT2D eigenvalue weighted by Gasteiger charge is 2.13. The number of hydrogen-bond acceptors (Lipinski definition) is 4. The average Bonchev–Trinajstić information content (AvgIpc) is 2.71. The Bertz CT molecular complexity index is 606. The van der Waals surface area contributed by atoms with Gasteiger partial charge in [0.15, 0.2) is 0 Å². The smallest absolute Gasteiger partial charge is 0.0372 e. The van der Waals surface area contributed by atoms with Crippen LogP contribution in [0.4, 0.5) is 0 Å². The quantitative estimate of drug-likeness (QED) is 0.830. The van der Waals surface area contributed by atoms with E-state index in [1.54, 1.807) is 0 Å². The second kappa shape index (κ2) is 9.30. The van der Waals surface area contributed by atoms with E-state index in [9.17, 15) is 0 Å². The molecule has 0 amide bonds. The normalized spacial score (nSPS) is 23.2. The summed E-state index contributed by atoms with van der Waals surface area (Å²) in [6, 6.07) is 9.26. The summed E-state index contributed by atoms with van der Waals surface area (Å²) in [4.78, 5) is 8.22.